The number of nitrogens with one attached hydrogen (secondary N) is 1. The molecule has 0 saturated carbocycles. The van der Waals surface area contributed by atoms with E-state index in [1.54, 1.807) is 0 Å². The molecule has 1 fully saturated rings. The second-order valence-corrected chi connectivity index (χ2v) is 7.67. The standard InChI is InChI=1S/C14H17F6N3O2S/c15-13(16,17)8-23-4-3-9(7-23)6-22-10-1-2-12(26(21,24)25)11(5-10)14(18,19)20/h1-2,5,9,22H,3-4,6-8H2,(H2,21,24,25). The van der Waals surface area contributed by atoms with Crippen molar-refractivity contribution in [2.75, 3.05) is 31.5 Å². The lowest BCUT2D eigenvalue weighted by molar-refractivity contribution is -0.143. The van der Waals surface area contributed by atoms with Crippen LogP contribution in [0.3, 0.4) is 0 Å². The van der Waals surface area contributed by atoms with Gasteiger partial charge in [-0.2, -0.15) is 26.3 Å². The molecule has 0 spiro atoms. The Morgan fingerprint density at radius 1 is 1.19 bits per heavy atom. The number of anilines is 1. The molecule has 0 bridgehead atoms. The topological polar surface area (TPSA) is 75.4 Å². The number of alkyl halides is 6. The molecule has 1 aliphatic rings. The zero-order valence-electron chi connectivity index (χ0n) is 13.4. The maximum Gasteiger partial charge on any atom is 0.417 e. The molecular weight excluding hydrogens is 388 g/mol. The van der Waals surface area contributed by atoms with Crippen molar-refractivity contribution in [2.24, 2.45) is 11.1 Å². The molecule has 1 unspecified atom stereocenters. The first-order valence-corrected chi connectivity index (χ1v) is 9.07. The average Bonchev–Trinajstić information content (AvgIpc) is 2.88. The molecule has 2 rings (SSSR count). The van der Waals surface area contributed by atoms with Crippen LogP contribution in [-0.2, 0) is 16.2 Å². The van der Waals surface area contributed by atoms with Crippen molar-refractivity contribution < 1.29 is 34.8 Å². The van der Waals surface area contributed by atoms with Gasteiger partial charge < -0.3 is 5.32 Å². The molecule has 0 aliphatic carbocycles. The summed E-state index contributed by atoms with van der Waals surface area (Å²) in [6.07, 6.45) is -8.74. The molecule has 3 N–H and O–H groups in total. The third-order valence-electron chi connectivity index (χ3n) is 3.96. The van der Waals surface area contributed by atoms with E-state index in [2.05, 4.69) is 5.32 Å². The van der Waals surface area contributed by atoms with Gasteiger partial charge in [-0.25, -0.2) is 13.6 Å². The van der Waals surface area contributed by atoms with E-state index >= 15 is 0 Å². The van der Waals surface area contributed by atoms with Gasteiger partial charge in [-0.15, -0.1) is 0 Å². The first-order chi connectivity index (χ1) is 11.8. The van der Waals surface area contributed by atoms with Gasteiger partial charge in [0.25, 0.3) is 0 Å². The van der Waals surface area contributed by atoms with Gasteiger partial charge in [0.15, 0.2) is 0 Å². The molecule has 5 nitrogen and oxygen atoms in total. The van der Waals surface area contributed by atoms with Crippen LogP contribution in [0.2, 0.25) is 0 Å². The number of nitrogens with two attached hydrogens (primary N) is 1. The molecule has 12 heteroatoms. The summed E-state index contributed by atoms with van der Waals surface area (Å²) in [6, 6.07) is 2.52. The second kappa shape index (κ2) is 7.24. The lowest BCUT2D eigenvalue weighted by atomic mass is 10.1. The molecule has 1 aromatic carbocycles. The number of nitrogens with zero attached hydrogens (tertiary/aromatic N) is 1. The third kappa shape index (κ3) is 5.74. The van der Waals surface area contributed by atoms with Crippen LogP contribution in [0.5, 0.6) is 0 Å². The van der Waals surface area contributed by atoms with E-state index in [0.29, 0.717) is 12.5 Å². The Balaban J connectivity index is 2.05. The Labute approximate surface area is 146 Å². The highest BCUT2D eigenvalue weighted by molar-refractivity contribution is 7.89. The van der Waals surface area contributed by atoms with Crippen LogP contribution in [0.15, 0.2) is 23.1 Å². The summed E-state index contributed by atoms with van der Waals surface area (Å²) in [4.78, 5) is 0.199. The molecule has 0 aromatic heterocycles. The van der Waals surface area contributed by atoms with E-state index in [-0.39, 0.29) is 31.2 Å². The minimum absolute atomic E-state index is 0.0130. The van der Waals surface area contributed by atoms with Crippen molar-refractivity contribution in [2.45, 2.75) is 23.7 Å². The van der Waals surface area contributed by atoms with Gasteiger partial charge in [-0.3, -0.25) is 4.90 Å². The fraction of sp³-hybridized carbons (Fsp3) is 0.571. The Morgan fingerprint density at radius 3 is 2.38 bits per heavy atom. The van der Waals surface area contributed by atoms with Crippen molar-refractivity contribution in [1.29, 1.82) is 0 Å². The minimum Gasteiger partial charge on any atom is -0.385 e. The number of benzene rings is 1. The SMILES string of the molecule is NS(=O)(=O)c1ccc(NCC2CCN(CC(F)(F)F)C2)cc1C(F)(F)F. The number of hydrogen-bond acceptors (Lipinski definition) is 4. The Bertz CT molecular complexity index is 748. The van der Waals surface area contributed by atoms with Crippen LogP contribution in [0.1, 0.15) is 12.0 Å². The highest BCUT2D eigenvalue weighted by Gasteiger charge is 2.37. The van der Waals surface area contributed by atoms with Crippen LogP contribution >= 0.6 is 0 Å². The van der Waals surface area contributed by atoms with Gasteiger partial charge >= 0.3 is 12.4 Å². The highest BCUT2D eigenvalue weighted by Crippen LogP contribution is 2.35. The minimum atomic E-state index is -4.92. The fourth-order valence-electron chi connectivity index (χ4n) is 2.85. The van der Waals surface area contributed by atoms with Crippen LogP contribution in [0.25, 0.3) is 0 Å². The molecule has 0 amide bonds. The molecule has 26 heavy (non-hydrogen) atoms. The van der Waals surface area contributed by atoms with Crippen molar-refractivity contribution in [3.05, 3.63) is 23.8 Å². The predicted octanol–water partition coefficient (Wildman–Crippen LogP) is 2.65. The van der Waals surface area contributed by atoms with Crippen LogP contribution in [0, 0.1) is 5.92 Å². The third-order valence-corrected chi connectivity index (χ3v) is 4.93. The summed E-state index contributed by atoms with van der Waals surface area (Å²) in [7, 11) is -4.55. The molecule has 1 aromatic rings. The zero-order chi connectivity index (χ0) is 19.8. The number of rotatable bonds is 5. The summed E-state index contributed by atoms with van der Waals surface area (Å²) in [6.45, 7) is -0.428. The molecule has 1 saturated heterocycles. The van der Waals surface area contributed by atoms with Gasteiger partial charge in [-0.05, 0) is 37.1 Å². The van der Waals surface area contributed by atoms with E-state index in [1.165, 1.54) is 4.90 Å². The molecule has 1 atom stereocenters. The van der Waals surface area contributed by atoms with Crippen LogP contribution in [0.4, 0.5) is 32.0 Å². The number of primary sulfonamides is 1. The van der Waals surface area contributed by atoms with Crippen molar-refractivity contribution in [3.63, 3.8) is 0 Å². The largest absolute Gasteiger partial charge is 0.417 e. The summed E-state index contributed by atoms with van der Waals surface area (Å²) in [5.41, 5.74) is -1.38. The van der Waals surface area contributed by atoms with E-state index in [4.69, 9.17) is 5.14 Å². The molecule has 1 heterocycles. The summed E-state index contributed by atoms with van der Waals surface area (Å²) in [5.74, 6) is -0.162. The molecular formula is C14H17F6N3O2S. The van der Waals surface area contributed by atoms with Gasteiger partial charge in [0, 0.05) is 18.8 Å². The normalized spacial score (nSPS) is 19.7. The van der Waals surface area contributed by atoms with Crippen molar-refractivity contribution in [3.8, 4) is 0 Å². The summed E-state index contributed by atoms with van der Waals surface area (Å²) >= 11 is 0. The quantitative estimate of drug-likeness (QED) is 0.739. The first-order valence-electron chi connectivity index (χ1n) is 7.53. The first kappa shape index (κ1) is 20.8. The monoisotopic (exact) mass is 405 g/mol. The van der Waals surface area contributed by atoms with E-state index in [1.807, 2.05) is 0 Å². The summed E-state index contributed by atoms with van der Waals surface area (Å²) in [5, 5.41) is 7.52. The number of likely N-dealkylation sites (tertiary alicyclic amines) is 1. The Kier molecular flexibility index (Phi) is 5.78. The van der Waals surface area contributed by atoms with E-state index < -0.39 is 39.4 Å². The van der Waals surface area contributed by atoms with Gasteiger partial charge in [-0.1, -0.05) is 0 Å². The second-order valence-electron chi connectivity index (χ2n) is 6.14. The number of halogens is 6. The maximum atomic E-state index is 13.0. The summed E-state index contributed by atoms with van der Waals surface area (Å²) < 4.78 is 98.8. The number of hydrogen-bond donors (Lipinski definition) is 2. The van der Waals surface area contributed by atoms with Gasteiger partial charge in [0.2, 0.25) is 10.0 Å². The fourth-order valence-corrected chi connectivity index (χ4v) is 3.59. The smallest absolute Gasteiger partial charge is 0.385 e. The van der Waals surface area contributed by atoms with Crippen molar-refractivity contribution in [1.82, 2.24) is 4.90 Å². The van der Waals surface area contributed by atoms with Gasteiger partial charge in [0.1, 0.15) is 0 Å². The predicted molar refractivity (Wildman–Crippen MR) is 81.9 cm³/mol. The Morgan fingerprint density at radius 2 is 1.85 bits per heavy atom. The van der Waals surface area contributed by atoms with E-state index in [9.17, 15) is 34.8 Å². The lowest BCUT2D eigenvalue weighted by Gasteiger charge is -2.18. The molecule has 148 valence electrons. The number of sulfonamides is 1. The Hall–Kier alpha value is -1.53. The van der Waals surface area contributed by atoms with Crippen LogP contribution in [-0.4, -0.2) is 45.7 Å². The zero-order valence-corrected chi connectivity index (χ0v) is 14.2. The van der Waals surface area contributed by atoms with Gasteiger partial charge in [0.05, 0.1) is 17.0 Å². The van der Waals surface area contributed by atoms with E-state index in [0.717, 1.165) is 12.1 Å². The molecule has 1 aliphatic heterocycles. The highest BCUT2D eigenvalue weighted by atomic mass is 32.2. The average molecular weight is 405 g/mol. The van der Waals surface area contributed by atoms with Crippen LogP contribution < -0.4 is 10.5 Å². The molecule has 0 radical (unpaired) electrons. The maximum absolute atomic E-state index is 13.0. The van der Waals surface area contributed by atoms with Crippen molar-refractivity contribution >= 4 is 15.7 Å². The lowest BCUT2D eigenvalue weighted by Crippen LogP contribution is -2.33.